The number of aliphatic carboxylic acids is 1. The molecule has 1 fully saturated rings. The first-order valence-corrected chi connectivity index (χ1v) is 7.22. The first kappa shape index (κ1) is 14.0. The van der Waals surface area contributed by atoms with Gasteiger partial charge in [-0.15, -0.1) is 0 Å². The normalized spacial score (nSPS) is 19.7. The maximum atomic E-state index is 11.8. The molecule has 2 rings (SSSR count). The van der Waals surface area contributed by atoms with E-state index < -0.39 is 11.4 Å². The third-order valence-electron chi connectivity index (χ3n) is 4.54. The molecule has 1 aromatic heterocycles. The van der Waals surface area contributed by atoms with E-state index in [4.69, 9.17) is 0 Å². The Hall–Kier alpha value is -1.38. The van der Waals surface area contributed by atoms with E-state index in [-0.39, 0.29) is 5.41 Å². The van der Waals surface area contributed by atoms with Gasteiger partial charge in [0.2, 0.25) is 0 Å². The second-order valence-corrected chi connectivity index (χ2v) is 5.98. The van der Waals surface area contributed by atoms with Gasteiger partial charge in [0.05, 0.1) is 5.41 Å². The van der Waals surface area contributed by atoms with E-state index in [1.807, 2.05) is 12.1 Å². The zero-order valence-corrected chi connectivity index (χ0v) is 11.9. The van der Waals surface area contributed by atoms with Crippen molar-refractivity contribution in [2.45, 2.75) is 57.8 Å². The second-order valence-electron chi connectivity index (χ2n) is 5.98. The predicted molar refractivity (Wildman–Crippen MR) is 75.0 cm³/mol. The lowest BCUT2D eigenvalue weighted by Gasteiger charge is -2.54. The van der Waals surface area contributed by atoms with Gasteiger partial charge in [0.1, 0.15) is 0 Å². The highest BCUT2D eigenvalue weighted by Gasteiger charge is 2.58. The van der Waals surface area contributed by atoms with E-state index in [0.717, 1.165) is 44.1 Å². The highest BCUT2D eigenvalue weighted by atomic mass is 16.4. The van der Waals surface area contributed by atoms with Crippen molar-refractivity contribution in [1.29, 1.82) is 0 Å². The standard InChI is InChI=1S/C16H23NO2/c1-3-7-15(8-4-2)11-16(12-15,14(18)19)13-6-5-9-17-10-13/h5-6,9-10H,3-4,7-8,11-12H2,1-2H3,(H,18,19). The Morgan fingerprint density at radius 3 is 2.37 bits per heavy atom. The van der Waals surface area contributed by atoms with Crippen molar-refractivity contribution < 1.29 is 9.90 Å². The van der Waals surface area contributed by atoms with Crippen molar-refractivity contribution in [2.24, 2.45) is 5.41 Å². The van der Waals surface area contributed by atoms with Crippen LogP contribution in [0.4, 0.5) is 0 Å². The number of hydrogen-bond acceptors (Lipinski definition) is 2. The summed E-state index contributed by atoms with van der Waals surface area (Å²) in [4.78, 5) is 15.9. The van der Waals surface area contributed by atoms with Crippen molar-refractivity contribution in [3.05, 3.63) is 30.1 Å². The van der Waals surface area contributed by atoms with Gasteiger partial charge in [0, 0.05) is 12.4 Å². The Morgan fingerprint density at radius 1 is 1.32 bits per heavy atom. The molecule has 0 spiro atoms. The van der Waals surface area contributed by atoms with Gasteiger partial charge in [0.25, 0.3) is 0 Å². The number of carbonyl (C=O) groups is 1. The van der Waals surface area contributed by atoms with E-state index in [2.05, 4.69) is 18.8 Å². The van der Waals surface area contributed by atoms with E-state index >= 15 is 0 Å². The van der Waals surface area contributed by atoms with Crippen LogP contribution in [0.15, 0.2) is 24.5 Å². The first-order chi connectivity index (χ1) is 9.08. The summed E-state index contributed by atoms with van der Waals surface area (Å²) in [5.74, 6) is -0.691. The molecule has 0 atom stereocenters. The van der Waals surface area contributed by atoms with Gasteiger partial charge in [-0.1, -0.05) is 32.8 Å². The summed E-state index contributed by atoms with van der Waals surface area (Å²) < 4.78 is 0. The van der Waals surface area contributed by atoms with Crippen LogP contribution < -0.4 is 0 Å². The van der Waals surface area contributed by atoms with Crippen LogP contribution in [0.25, 0.3) is 0 Å². The molecule has 1 N–H and O–H groups in total. The zero-order chi connectivity index (χ0) is 13.9. The van der Waals surface area contributed by atoms with Crippen LogP contribution in [0, 0.1) is 5.41 Å². The highest BCUT2D eigenvalue weighted by molar-refractivity contribution is 5.83. The summed E-state index contributed by atoms with van der Waals surface area (Å²) in [5.41, 5.74) is 0.404. The lowest BCUT2D eigenvalue weighted by atomic mass is 9.48. The predicted octanol–water partition coefficient (Wildman–Crippen LogP) is 3.78. The smallest absolute Gasteiger partial charge is 0.314 e. The average molecular weight is 261 g/mol. The maximum Gasteiger partial charge on any atom is 0.314 e. The number of aromatic nitrogens is 1. The molecule has 1 aromatic rings. The number of carboxylic acid groups (broad SMARTS) is 1. The van der Waals surface area contributed by atoms with Crippen LogP contribution in [0.5, 0.6) is 0 Å². The number of hydrogen-bond donors (Lipinski definition) is 1. The number of carboxylic acids is 1. The minimum atomic E-state index is -0.696. The molecule has 0 unspecified atom stereocenters. The third-order valence-corrected chi connectivity index (χ3v) is 4.54. The Labute approximate surface area is 115 Å². The Bertz CT molecular complexity index is 427. The van der Waals surface area contributed by atoms with Gasteiger partial charge in [-0.3, -0.25) is 9.78 Å². The largest absolute Gasteiger partial charge is 0.481 e. The molecule has 1 aliphatic carbocycles. The highest BCUT2D eigenvalue weighted by Crippen LogP contribution is 2.60. The van der Waals surface area contributed by atoms with E-state index in [9.17, 15) is 9.90 Å². The second kappa shape index (κ2) is 5.32. The molecule has 3 nitrogen and oxygen atoms in total. The van der Waals surface area contributed by atoms with E-state index in [1.165, 1.54) is 0 Å². The topological polar surface area (TPSA) is 50.2 Å². The Kier molecular flexibility index (Phi) is 3.93. The fourth-order valence-electron chi connectivity index (χ4n) is 3.89. The molecule has 0 amide bonds. The third kappa shape index (κ3) is 2.38. The van der Waals surface area contributed by atoms with Crippen LogP contribution >= 0.6 is 0 Å². The number of pyridine rings is 1. The van der Waals surface area contributed by atoms with Gasteiger partial charge in [0.15, 0.2) is 0 Å². The number of rotatable bonds is 6. The fourth-order valence-corrected chi connectivity index (χ4v) is 3.89. The van der Waals surface area contributed by atoms with Crippen molar-refractivity contribution >= 4 is 5.97 Å². The van der Waals surface area contributed by atoms with Crippen molar-refractivity contribution in [2.75, 3.05) is 0 Å². The van der Waals surface area contributed by atoms with Crippen LogP contribution in [-0.2, 0) is 10.2 Å². The minimum Gasteiger partial charge on any atom is -0.481 e. The Balaban J connectivity index is 2.25. The molecule has 1 aliphatic rings. The molecular weight excluding hydrogens is 238 g/mol. The molecule has 104 valence electrons. The summed E-state index contributed by atoms with van der Waals surface area (Å²) in [6.07, 6.45) is 9.47. The molecule has 0 bridgehead atoms. The maximum absolute atomic E-state index is 11.8. The molecule has 0 saturated heterocycles. The average Bonchev–Trinajstić information content (AvgIpc) is 2.36. The van der Waals surface area contributed by atoms with Crippen LogP contribution in [0.3, 0.4) is 0 Å². The first-order valence-electron chi connectivity index (χ1n) is 7.22. The van der Waals surface area contributed by atoms with E-state index in [0.29, 0.717) is 0 Å². The Morgan fingerprint density at radius 2 is 1.95 bits per heavy atom. The molecule has 3 heteroatoms. The van der Waals surface area contributed by atoms with Gasteiger partial charge < -0.3 is 5.11 Å². The molecule has 1 saturated carbocycles. The fraction of sp³-hybridized carbons (Fsp3) is 0.625. The summed E-state index contributed by atoms with van der Waals surface area (Å²) in [6.45, 7) is 4.37. The summed E-state index contributed by atoms with van der Waals surface area (Å²) >= 11 is 0. The monoisotopic (exact) mass is 261 g/mol. The quantitative estimate of drug-likeness (QED) is 0.847. The van der Waals surface area contributed by atoms with Gasteiger partial charge >= 0.3 is 5.97 Å². The molecule has 0 aliphatic heterocycles. The van der Waals surface area contributed by atoms with Crippen molar-refractivity contribution in [3.8, 4) is 0 Å². The number of nitrogens with zero attached hydrogens (tertiary/aromatic N) is 1. The summed E-state index contributed by atoms with van der Waals surface area (Å²) in [7, 11) is 0. The molecular formula is C16H23NO2. The van der Waals surface area contributed by atoms with Crippen molar-refractivity contribution in [3.63, 3.8) is 0 Å². The van der Waals surface area contributed by atoms with Crippen molar-refractivity contribution in [1.82, 2.24) is 4.98 Å². The van der Waals surface area contributed by atoms with Gasteiger partial charge in [-0.2, -0.15) is 0 Å². The molecule has 0 aromatic carbocycles. The lowest BCUT2D eigenvalue weighted by molar-refractivity contribution is -0.155. The zero-order valence-electron chi connectivity index (χ0n) is 11.9. The van der Waals surface area contributed by atoms with Gasteiger partial charge in [-0.25, -0.2) is 0 Å². The minimum absolute atomic E-state index is 0.234. The van der Waals surface area contributed by atoms with Crippen LogP contribution in [0.2, 0.25) is 0 Å². The molecule has 1 heterocycles. The van der Waals surface area contributed by atoms with Crippen LogP contribution in [0.1, 0.15) is 57.9 Å². The van der Waals surface area contributed by atoms with E-state index in [1.54, 1.807) is 12.4 Å². The lowest BCUT2D eigenvalue weighted by Crippen LogP contribution is -2.54. The van der Waals surface area contributed by atoms with Gasteiger partial charge in [-0.05, 0) is 42.7 Å². The molecule has 0 radical (unpaired) electrons. The molecule has 19 heavy (non-hydrogen) atoms. The summed E-state index contributed by atoms with van der Waals surface area (Å²) in [5, 5.41) is 9.68. The summed E-state index contributed by atoms with van der Waals surface area (Å²) in [6, 6.07) is 3.74. The van der Waals surface area contributed by atoms with Crippen LogP contribution in [-0.4, -0.2) is 16.1 Å². The SMILES string of the molecule is CCCC1(CCC)CC(C(=O)O)(c2cccnc2)C1.